The van der Waals surface area contributed by atoms with Gasteiger partial charge in [-0.15, -0.1) is 5.10 Å². The van der Waals surface area contributed by atoms with Gasteiger partial charge in [0.15, 0.2) is 0 Å². The van der Waals surface area contributed by atoms with Gasteiger partial charge in [-0.2, -0.15) is 0 Å². The van der Waals surface area contributed by atoms with E-state index in [4.69, 9.17) is 4.74 Å². The van der Waals surface area contributed by atoms with Gasteiger partial charge < -0.3 is 20.1 Å². The van der Waals surface area contributed by atoms with Crippen molar-refractivity contribution in [2.45, 2.75) is 96.9 Å². The second kappa shape index (κ2) is 10.8. The lowest BCUT2D eigenvalue weighted by Gasteiger charge is -2.34. The molecule has 1 aliphatic heterocycles. The Kier molecular flexibility index (Phi) is 7.92. The molecule has 1 aromatic heterocycles. The number of nitrogens with one attached hydrogen (secondary N) is 1. The van der Waals surface area contributed by atoms with Crippen LogP contribution in [0.2, 0.25) is 0 Å². The number of aliphatic hydroxyl groups excluding tert-OH is 1. The molecule has 4 rings (SSSR count). The number of hydrogen-bond donors (Lipinski definition) is 2. The summed E-state index contributed by atoms with van der Waals surface area (Å²) in [6.45, 7) is 12.5. The molecule has 2 fully saturated rings. The molecule has 0 spiro atoms. The van der Waals surface area contributed by atoms with Crippen LogP contribution in [0.4, 0.5) is 0 Å². The van der Waals surface area contributed by atoms with Crippen molar-refractivity contribution in [2.75, 3.05) is 13.1 Å². The zero-order valence-corrected chi connectivity index (χ0v) is 22.8. The number of β-amino-alcohol motifs (C(OH)–C–C–N with tert-alkyl or cyclic N) is 1. The highest BCUT2D eigenvalue weighted by Crippen LogP contribution is 2.40. The molecule has 9 nitrogen and oxygen atoms in total. The largest absolute Gasteiger partial charge is 0.489 e. The SMILES string of the molecule is CC(CNC(=O)[C@@H]1C[C@@H](O)CN1C(=O)[C@@H](n1cc(C2CC2)nn1)C(C)(C)C)Oc1ccc(C(C)C)cc1. The Morgan fingerprint density at radius 3 is 2.43 bits per heavy atom. The summed E-state index contributed by atoms with van der Waals surface area (Å²) in [5.41, 5.74) is 1.68. The number of ether oxygens (including phenoxy) is 1. The first-order chi connectivity index (χ1) is 17.4. The van der Waals surface area contributed by atoms with Crippen LogP contribution in [0.5, 0.6) is 5.75 Å². The maximum absolute atomic E-state index is 13.8. The summed E-state index contributed by atoms with van der Waals surface area (Å²) in [4.78, 5) is 28.5. The van der Waals surface area contributed by atoms with Gasteiger partial charge in [0.1, 0.15) is 23.9 Å². The zero-order valence-electron chi connectivity index (χ0n) is 22.8. The molecule has 37 heavy (non-hydrogen) atoms. The first-order valence-corrected chi connectivity index (χ1v) is 13.4. The average molecular weight is 512 g/mol. The molecule has 2 aromatic rings. The number of aliphatic hydroxyl groups is 1. The van der Waals surface area contributed by atoms with Crippen LogP contribution in [0.25, 0.3) is 0 Å². The second-order valence-electron chi connectivity index (χ2n) is 12.0. The average Bonchev–Trinajstić information content (AvgIpc) is 3.44. The Bertz CT molecular complexity index is 1090. The molecule has 2 heterocycles. The summed E-state index contributed by atoms with van der Waals surface area (Å²) in [6, 6.07) is 6.58. The van der Waals surface area contributed by atoms with Gasteiger partial charge in [-0.05, 0) is 48.8 Å². The Balaban J connectivity index is 1.40. The molecule has 1 unspecified atom stereocenters. The van der Waals surface area contributed by atoms with Crippen molar-refractivity contribution >= 4 is 11.8 Å². The molecular weight excluding hydrogens is 470 g/mol. The van der Waals surface area contributed by atoms with Crippen molar-refractivity contribution in [3.63, 3.8) is 0 Å². The van der Waals surface area contributed by atoms with Gasteiger partial charge in [-0.25, -0.2) is 4.68 Å². The van der Waals surface area contributed by atoms with Crippen molar-refractivity contribution in [2.24, 2.45) is 5.41 Å². The molecule has 9 heteroatoms. The van der Waals surface area contributed by atoms with Gasteiger partial charge in [-0.3, -0.25) is 9.59 Å². The lowest BCUT2D eigenvalue weighted by Crippen LogP contribution is -2.51. The highest BCUT2D eigenvalue weighted by atomic mass is 16.5. The van der Waals surface area contributed by atoms with E-state index in [-0.39, 0.29) is 37.4 Å². The molecule has 1 aromatic carbocycles. The number of carbonyl (C=O) groups excluding carboxylic acids is 2. The van der Waals surface area contributed by atoms with Crippen LogP contribution in [0.15, 0.2) is 30.5 Å². The summed E-state index contributed by atoms with van der Waals surface area (Å²) in [5, 5.41) is 21.9. The quantitative estimate of drug-likeness (QED) is 0.534. The Morgan fingerprint density at radius 1 is 1.16 bits per heavy atom. The van der Waals surface area contributed by atoms with Crippen LogP contribution in [0.1, 0.15) is 89.9 Å². The van der Waals surface area contributed by atoms with Crippen LogP contribution in [-0.4, -0.2) is 68.2 Å². The van der Waals surface area contributed by atoms with E-state index < -0.39 is 23.6 Å². The third kappa shape index (κ3) is 6.50. The molecule has 4 atom stereocenters. The van der Waals surface area contributed by atoms with E-state index in [9.17, 15) is 14.7 Å². The van der Waals surface area contributed by atoms with E-state index in [1.165, 1.54) is 10.5 Å². The van der Waals surface area contributed by atoms with Gasteiger partial charge >= 0.3 is 0 Å². The molecule has 0 bridgehead atoms. The van der Waals surface area contributed by atoms with E-state index in [0.717, 1.165) is 24.3 Å². The fourth-order valence-electron chi connectivity index (χ4n) is 4.89. The summed E-state index contributed by atoms with van der Waals surface area (Å²) in [7, 11) is 0. The first kappa shape index (κ1) is 27.1. The number of benzene rings is 1. The monoisotopic (exact) mass is 511 g/mol. The van der Waals surface area contributed by atoms with E-state index in [1.54, 1.807) is 4.68 Å². The highest BCUT2D eigenvalue weighted by Gasteiger charge is 2.45. The van der Waals surface area contributed by atoms with E-state index in [2.05, 4.69) is 29.5 Å². The molecule has 202 valence electrons. The third-order valence-corrected chi connectivity index (χ3v) is 7.15. The van der Waals surface area contributed by atoms with E-state index >= 15 is 0 Å². The molecule has 1 saturated heterocycles. The molecular formula is C28H41N5O4. The van der Waals surface area contributed by atoms with Crippen molar-refractivity contribution in [3.8, 4) is 5.75 Å². The van der Waals surface area contributed by atoms with Crippen molar-refractivity contribution < 1.29 is 19.4 Å². The van der Waals surface area contributed by atoms with Gasteiger partial charge in [0.25, 0.3) is 0 Å². The number of nitrogens with zero attached hydrogens (tertiary/aromatic N) is 4. The molecule has 1 aliphatic carbocycles. The minimum atomic E-state index is -0.758. The van der Waals surface area contributed by atoms with Gasteiger partial charge in [0, 0.05) is 25.1 Å². The van der Waals surface area contributed by atoms with Gasteiger partial charge in [0.05, 0.1) is 18.3 Å². The fourth-order valence-corrected chi connectivity index (χ4v) is 4.89. The van der Waals surface area contributed by atoms with Crippen LogP contribution in [0.3, 0.4) is 0 Å². The number of rotatable bonds is 9. The third-order valence-electron chi connectivity index (χ3n) is 7.15. The molecule has 0 radical (unpaired) electrons. The standard InChI is InChI=1S/C28H41N5O4/c1-17(2)19-9-11-22(12-10-19)37-18(3)14-29-26(35)24-13-21(34)15-32(24)27(36)25(28(4,5)6)33-16-23(30-31-33)20-7-8-20/h9-12,16-18,20-21,24-25,34H,7-8,13-15H2,1-6H3,(H,29,35)/t18?,21-,24+,25-/m1/s1. The van der Waals surface area contributed by atoms with Crippen molar-refractivity contribution in [1.82, 2.24) is 25.2 Å². The fraction of sp³-hybridized carbons (Fsp3) is 0.643. The predicted molar refractivity (Wildman–Crippen MR) is 140 cm³/mol. The predicted octanol–water partition coefficient (Wildman–Crippen LogP) is 3.41. The van der Waals surface area contributed by atoms with Crippen LogP contribution in [-0.2, 0) is 9.59 Å². The minimum absolute atomic E-state index is 0.113. The van der Waals surface area contributed by atoms with E-state index in [1.807, 2.05) is 58.2 Å². The summed E-state index contributed by atoms with van der Waals surface area (Å²) < 4.78 is 7.60. The summed E-state index contributed by atoms with van der Waals surface area (Å²) >= 11 is 0. The number of carbonyl (C=O) groups is 2. The number of hydrogen-bond acceptors (Lipinski definition) is 6. The van der Waals surface area contributed by atoms with E-state index in [0.29, 0.717) is 11.8 Å². The molecule has 1 saturated carbocycles. The van der Waals surface area contributed by atoms with Gasteiger partial charge in [-0.1, -0.05) is 52.0 Å². The maximum atomic E-state index is 13.8. The smallest absolute Gasteiger partial charge is 0.248 e. The lowest BCUT2D eigenvalue weighted by molar-refractivity contribution is -0.144. The Labute approximate surface area is 219 Å². The first-order valence-electron chi connectivity index (χ1n) is 13.4. The number of amides is 2. The Hall–Kier alpha value is -2.94. The normalized spacial score (nSPS) is 21.7. The summed E-state index contributed by atoms with van der Waals surface area (Å²) in [6.07, 6.45) is 3.23. The summed E-state index contributed by atoms with van der Waals surface area (Å²) in [5.74, 6) is 1.09. The van der Waals surface area contributed by atoms with Crippen LogP contribution in [0, 0.1) is 5.41 Å². The highest BCUT2D eigenvalue weighted by molar-refractivity contribution is 5.90. The second-order valence-corrected chi connectivity index (χ2v) is 12.0. The molecule has 2 amide bonds. The van der Waals surface area contributed by atoms with Gasteiger partial charge in [0.2, 0.25) is 11.8 Å². The minimum Gasteiger partial charge on any atom is -0.489 e. The molecule has 2 N–H and O–H groups in total. The topological polar surface area (TPSA) is 110 Å². The van der Waals surface area contributed by atoms with Crippen LogP contribution < -0.4 is 10.1 Å². The Morgan fingerprint density at radius 2 is 1.84 bits per heavy atom. The molecule has 2 aliphatic rings. The number of aromatic nitrogens is 3. The number of likely N-dealkylation sites (tertiary alicyclic amines) is 1. The van der Waals surface area contributed by atoms with Crippen LogP contribution >= 0.6 is 0 Å². The van der Waals surface area contributed by atoms with Crippen molar-refractivity contribution in [1.29, 1.82) is 0 Å². The lowest BCUT2D eigenvalue weighted by atomic mass is 9.85. The maximum Gasteiger partial charge on any atom is 0.248 e. The van der Waals surface area contributed by atoms with Crippen molar-refractivity contribution in [3.05, 3.63) is 41.7 Å². The zero-order chi connectivity index (χ0) is 26.9.